The molecule has 1 saturated heterocycles. The number of anilines is 1. The number of hydrogen-bond donors (Lipinski definition) is 1. The maximum absolute atomic E-state index is 12.3. The van der Waals surface area contributed by atoms with Gasteiger partial charge in [0.1, 0.15) is 0 Å². The van der Waals surface area contributed by atoms with E-state index in [2.05, 4.69) is 5.32 Å². The number of halogens is 1. The molecular weight excluding hydrogens is 348 g/mol. The highest BCUT2D eigenvalue weighted by Crippen LogP contribution is 2.20. The lowest BCUT2D eigenvalue weighted by molar-refractivity contribution is -0.130. The van der Waals surface area contributed by atoms with E-state index in [1.54, 1.807) is 29.2 Å². The molecule has 0 aliphatic carbocycles. The number of carbonyl (C=O) groups excluding carboxylic acids is 2. The summed E-state index contributed by atoms with van der Waals surface area (Å²) in [6.07, 6.45) is 4.72. The van der Waals surface area contributed by atoms with Crippen molar-refractivity contribution < 1.29 is 9.59 Å². The van der Waals surface area contributed by atoms with Gasteiger partial charge in [0.25, 0.3) is 0 Å². The van der Waals surface area contributed by atoms with Gasteiger partial charge >= 0.3 is 0 Å². The maximum Gasteiger partial charge on any atom is 0.246 e. The van der Waals surface area contributed by atoms with Crippen molar-refractivity contribution in [1.29, 1.82) is 0 Å². The highest BCUT2D eigenvalue weighted by atomic mass is 35.5. The summed E-state index contributed by atoms with van der Waals surface area (Å²) in [6, 6.07) is 16.8. The number of para-hydroxylation sites is 1. The lowest BCUT2D eigenvalue weighted by atomic mass is 9.95. The van der Waals surface area contributed by atoms with E-state index in [1.807, 2.05) is 42.5 Å². The van der Waals surface area contributed by atoms with E-state index in [0.717, 1.165) is 11.3 Å². The van der Waals surface area contributed by atoms with E-state index in [9.17, 15) is 9.59 Å². The molecule has 2 aromatic carbocycles. The average Bonchev–Trinajstić information content (AvgIpc) is 2.68. The van der Waals surface area contributed by atoms with E-state index in [-0.39, 0.29) is 17.7 Å². The molecule has 0 aromatic heterocycles. The third-order valence-corrected chi connectivity index (χ3v) is 4.76. The van der Waals surface area contributed by atoms with Gasteiger partial charge in [-0.3, -0.25) is 9.59 Å². The van der Waals surface area contributed by atoms with Crippen molar-refractivity contribution in [3.63, 3.8) is 0 Å². The molecule has 3 rings (SSSR count). The minimum Gasteiger partial charge on any atom is -0.339 e. The van der Waals surface area contributed by atoms with Crippen LogP contribution in [0.2, 0.25) is 5.02 Å². The Morgan fingerprint density at radius 3 is 2.31 bits per heavy atom. The average molecular weight is 369 g/mol. The van der Waals surface area contributed by atoms with Crippen LogP contribution < -0.4 is 5.32 Å². The molecule has 26 heavy (non-hydrogen) atoms. The zero-order valence-electron chi connectivity index (χ0n) is 14.4. The molecule has 0 saturated carbocycles. The molecule has 1 aliphatic heterocycles. The van der Waals surface area contributed by atoms with E-state index < -0.39 is 0 Å². The van der Waals surface area contributed by atoms with Crippen LogP contribution in [0.25, 0.3) is 6.08 Å². The molecule has 1 aliphatic rings. The molecule has 1 heterocycles. The highest BCUT2D eigenvalue weighted by Gasteiger charge is 2.26. The standard InChI is InChI=1S/C21H21ClN2O2/c22-18-9-6-16(7-10-18)8-11-20(25)24-14-12-17(13-15-24)21(26)23-19-4-2-1-3-5-19/h1-11,17H,12-15H2,(H,23,26)/b11-8+. The first-order valence-electron chi connectivity index (χ1n) is 8.70. The number of amides is 2. The molecule has 0 unspecified atom stereocenters. The Kier molecular flexibility index (Phi) is 6.08. The third kappa shape index (κ3) is 4.96. The summed E-state index contributed by atoms with van der Waals surface area (Å²) in [6.45, 7) is 1.19. The number of hydrogen-bond acceptors (Lipinski definition) is 2. The Morgan fingerprint density at radius 1 is 1.00 bits per heavy atom. The SMILES string of the molecule is O=C(Nc1ccccc1)C1CCN(C(=O)/C=C/c2ccc(Cl)cc2)CC1. The minimum atomic E-state index is -0.0560. The molecule has 0 radical (unpaired) electrons. The Hall–Kier alpha value is -2.59. The van der Waals surface area contributed by atoms with Gasteiger partial charge in [0.2, 0.25) is 11.8 Å². The second-order valence-electron chi connectivity index (χ2n) is 6.34. The van der Waals surface area contributed by atoms with Crippen molar-refractivity contribution in [3.05, 3.63) is 71.3 Å². The summed E-state index contributed by atoms with van der Waals surface area (Å²) in [5.74, 6) is -0.0543. The van der Waals surface area contributed by atoms with Crippen LogP contribution in [0.3, 0.4) is 0 Å². The van der Waals surface area contributed by atoms with Gasteiger partial charge in [-0.15, -0.1) is 0 Å². The Balaban J connectivity index is 1.49. The van der Waals surface area contributed by atoms with Crippen LogP contribution in [-0.2, 0) is 9.59 Å². The van der Waals surface area contributed by atoms with Crippen LogP contribution in [0.5, 0.6) is 0 Å². The van der Waals surface area contributed by atoms with Crippen LogP contribution >= 0.6 is 11.6 Å². The minimum absolute atomic E-state index is 0.0260. The van der Waals surface area contributed by atoms with Gasteiger partial charge in [-0.2, -0.15) is 0 Å². The van der Waals surface area contributed by atoms with Gasteiger partial charge in [-0.05, 0) is 48.7 Å². The van der Waals surface area contributed by atoms with Crippen molar-refractivity contribution in [2.75, 3.05) is 18.4 Å². The normalized spacial score (nSPS) is 15.2. The van der Waals surface area contributed by atoms with Crippen molar-refractivity contribution in [2.45, 2.75) is 12.8 Å². The van der Waals surface area contributed by atoms with Gasteiger partial charge in [0.05, 0.1) is 0 Å². The van der Waals surface area contributed by atoms with E-state index in [0.29, 0.717) is 31.0 Å². The van der Waals surface area contributed by atoms with Crippen molar-refractivity contribution in [1.82, 2.24) is 4.90 Å². The summed E-state index contributed by atoms with van der Waals surface area (Å²) in [5, 5.41) is 3.61. The van der Waals surface area contributed by atoms with E-state index in [1.165, 1.54) is 0 Å². The predicted octanol–water partition coefficient (Wildman–Crippen LogP) is 4.23. The quantitative estimate of drug-likeness (QED) is 0.821. The van der Waals surface area contributed by atoms with E-state index >= 15 is 0 Å². The molecule has 0 atom stereocenters. The molecule has 134 valence electrons. The summed E-state index contributed by atoms with van der Waals surface area (Å²) < 4.78 is 0. The second kappa shape index (κ2) is 8.68. The zero-order valence-corrected chi connectivity index (χ0v) is 15.2. The third-order valence-electron chi connectivity index (χ3n) is 4.51. The molecule has 0 bridgehead atoms. The van der Waals surface area contributed by atoms with Gasteiger partial charge in [0, 0.05) is 35.8 Å². The summed E-state index contributed by atoms with van der Waals surface area (Å²) in [7, 11) is 0. The lowest BCUT2D eigenvalue weighted by Crippen LogP contribution is -2.40. The number of rotatable bonds is 4. The maximum atomic E-state index is 12.3. The first kappa shape index (κ1) is 18.2. The van der Waals surface area contributed by atoms with E-state index in [4.69, 9.17) is 11.6 Å². The predicted molar refractivity (Wildman–Crippen MR) is 105 cm³/mol. The number of carbonyl (C=O) groups is 2. The zero-order chi connectivity index (χ0) is 18.4. The molecule has 5 heteroatoms. The monoisotopic (exact) mass is 368 g/mol. The van der Waals surface area contributed by atoms with Crippen LogP contribution in [0.15, 0.2) is 60.7 Å². The fraction of sp³-hybridized carbons (Fsp3) is 0.238. The number of nitrogens with zero attached hydrogens (tertiary/aromatic N) is 1. The lowest BCUT2D eigenvalue weighted by Gasteiger charge is -2.30. The number of piperidine rings is 1. The molecule has 2 aromatic rings. The summed E-state index contributed by atoms with van der Waals surface area (Å²) in [4.78, 5) is 26.5. The van der Waals surface area contributed by atoms with Crippen LogP contribution in [0.4, 0.5) is 5.69 Å². The molecule has 1 N–H and O–H groups in total. The van der Waals surface area contributed by atoms with Gasteiger partial charge in [-0.25, -0.2) is 0 Å². The Labute approximate surface area is 158 Å². The summed E-state index contributed by atoms with van der Waals surface area (Å²) in [5.41, 5.74) is 1.74. The smallest absolute Gasteiger partial charge is 0.246 e. The van der Waals surface area contributed by atoms with Gasteiger partial charge in [0.15, 0.2) is 0 Å². The Bertz CT molecular complexity index is 779. The Morgan fingerprint density at radius 2 is 1.65 bits per heavy atom. The molecule has 1 fully saturated rings. The topological polar surface area (TPSA) is 49.4 Å². The number of benzene rings is 2. The van der Waals surface area contributed by atoms with Crippen LogP contribution in [0.1, 0.15) is 18.4 Å². The second-order valence-corrected chi connectivity index (χ2v) is 6.78. The molecule has 0 spiro atoms. The molecular formula is C21H21ClN2O2. The fourth-order valence-electron chi connectivity index (χ4n) is 2.97. The number of likely N-dealkylation sites (tertiary alicyclic amines) is 1. The largest absolute Gasteiger partial charge is 0.339 e. The highest BCUT2D eigenvalue weighted by molar-refractivity contribution is 6.30. The first-order valence-corrected chi connectivity index (χ1v) is 9.08. The first-order chi connectivity index (χ1) is 12.6. The van der Waals surface area contributed by atoms with Crippen molar-refractivity contribution in [2.24, 2.45) is 5.92 Å². The van der Waals surface area contributed by atoms with Crippen molar-refractivity contribution in [3.8, 4) is 0 Å². The number of nitrogens with one attached hydrogen (secondary N) is 1. The van der Waals surface area contributed by atoms with Crippen LogP contribution in [0, 0.1) is 5.92 Å². The van der Waals surface area contributed by atoms with Crippen LogP contribution in [-0.4, -0.2) is 29.8 Å². The fourth-order valence-corrected chi connectivity index (χ4v) is 3.10. The van der Waals surface area contributed by atoms with Gasteiger partial charge in [-0.1, -0.05) is 41.9 Å². The summed E-state index contributed by atoms with van der Waals surface area (Å²) >= 11 is 5.85. The molecule has 4 nitrogen and oxygen atoms in total. The molecule has 2 amide bonds. The van der Waals surface area contributed by atoms with Crippen molar-refractivity contribution >= 4 is 35.2 Å². The van der Waals surface area contributed by atoms with Gasteiger partial charge < -0.3 is 10.2 Å².